The van der Waals surface area contributed by atoms with E-state index in [-0.39, 0.29) is 31.6 Å². The molecule has 0 saturated heterocycles. The number of aliphatic hydroxyl groups excluding tert-OH is 3. The zero-order chi connectivity index (χ0) is 21.0. The number of carbonyl (C=O) groups is 3. The van der Waals surface area contributed by atoms with Crippen LogP contribution in [-0.4, -0.2) is 67.9 Å². The summed E-state index contributed by atoms with van der Waals surface area (Å²) in [7, 11) is 0. The Balaban J connectivity index is -0.000000364. The lowest BCUT2D eigenvalue weighted by Crippen LogP contribution is -2.15. The highest BCUT2D eigenvalue weighted by atomic mass is 16.4. The molecule has 6 N–H and O–H groups in total. The quantitative estimate of drug-likeness (QED) is 0.215. The van der Waals surface area contributed by atoms with Crippen LogP contribution in [0.4, 0.5) is 0 Å². The van der Waals surface area contributed by atoms with Crippen molar-refractivity contribution in [3.05, 3.63) is 12.2 Å². The molecule has 0 aromatic rings. The number of unbranched alkanes of at least 4 members (excludes halogenated alkanes) is 5. The second-order valence-electron chi connectivity index (χ2n) is 5.51. The van der Waals surface area contributed by atoms with Crippen LogP contribution < -0.4 is 0 Å². The third kappa shape index (κ3) is 33.6. The molecule has 0 fully saturated rings. The third-order valence-electron chi connectivity index (χ3n) is 2.82. The smallest absolute Gasteiger partial charge is 0.330 e. The van der Waals surface area contributed by atoms with Crippen LogP contribution in [0.3, 0.4) is 0 Å². The number of carboxylic acid groups (broad SMARTS) is 3. The molecule has 0 saturated carbocycles. The molecule has 0 aromatic heterocycles. The van der Waals surface area contributed by atoms with Gasteiger partial charge in [0.05, 0.1) is 13.2 Å². The van der Waals surface area contributed by atoms with Gasteiger partial charge in [0, 0.05) is 18.4 Å². The minimum absolute atomic E-state index is 0.176. The first-order valence-corrected chi connectivity index (χ1v) is 8.30. The van der Waals surface area contributed by atoms with Crippen LogP contribution in [0, 0.1) is 0 Å². The minimum atomic E-state index is -0.954. The molecule has 0 aliphatic heterocycles. The van der Waals surface area contributed by atoms with Gasteiger partial charge >= 0.3 is 17.9 Å². The minimum Gasteiger partial charge on any atom is -0.481 e. The molecule has 9 nitrogen and oxygen atoms in total. The molecule has 0 heterocycles. The van der Waals surface area contributed by atoms with E-state index in [2.05, 4.69) is 6.58 Å². The van der Waals surface area contributed by atoms with Crippen molar-refractivity contribution in [2.24, 2.45) is 0 Å². The highest BCUT2D eigenvalue weighted by Crippen LogP contribution is 2.08. The van der Waals surface area contributed by atoms with Crippen molar-refractivity contribution in [1.29, 1.82) is 0 Å². The van der Waals surface area contributed by atoms with Crippen LogP contribution in [0.2, 0.25) is 0 Å². The fourth-order valence-electron chi connectivity index (χ4n) is 1.32. The molecule has 0 bridgehead atoms. The second kappa shape index (κ2) is 21.1. The van der Waals surface area contributed by atoms with Gasteiger partial charge in [0.1, 0.15) is 6.10 Å². The Bertz CT molecular complexity index is 358. The molecule has 0 spiro atoms. The van der Waals surface area contributed by atoms with Crippen LogP contribution >= 0.6 is 0 Å². The van der Waals surface area contributed by atoms with E-state index in [1.165, 1.54) is 6.92 Å². The zero-order valence-electron chi connectivity index (χ0n) is 15.3. The predicted molar refractivity (Wildman–Crippen MR) is 94.8 cm³/mol. The molecule has 0 radical (unpaired) electrons. The van der Waals surface area contributed by atoms with Crippen LogP contribution in [0.1, 0.15) is 58.3 Å². The van der Waals surface area contributed by atoms with Gasteiger partial charge in [-0.1, -0.05) is 32.3 Å². The topological polar surface area (TPSA) is 173 Å². The summed E-state index contributed by atoms with van der Waals surface area (Å²) < 4.78 is 0. The van der Waals surface area contributed by atoms with Crippen LogP contribution in [0.25, 0.3) is 0 Å². The molecule has 0 aromatic carbocycles. The zero-order valence-corrected chi connectivity index (χ0v) is 15.3. The maximum Gasteiger partial charge on any atom is 0.330 e. The highest BCUT2D eigenvalue weighted by Gasteiger charge is 1.98. The van der Waals surface area contributed by atoms with Crippen molar-refractivity contribution >= 4 is 17.9 Å². The first kappa shape index (κ1) is 28.8. The largest absolute Gasteiger partial charge is 0.481 e. The fraction of sp³-hybridized carbons (Fsp3) is 0.706. The van der Waals surface area contributed by atoms with Gasteiger partial charge < -0.3 is 30.6 Å². The van der Waals surface area contributed by atoms with Crippen molar-refractivity contribution in [3.8, 4) is 0 Å². The SMILES string of the molecule is C=C(C)C(=O)O.O=C(O)CCCCCCCCC(=O)O.OCC(O)CO. The number of aliphatic hydroxyl groups is 3. The lowest BCUT2D eigenvalue weighted by Gasteiger charge is -1.98. The molecular formula is C17H32O9. The van der Waals surface area contributed by atoms with Gasteiger partial charge in [-0.15, -0.1) is 0 Å². The van der Waals surface area contributed by atoms with E-state index in [1.54, 1.807) is 0 Å². The monoisotopic (exact) mass is 380 g/mol. The van der Waals surface area contributed by atoms with E-state index in [1.807, 2.05) is 0 Å². The summed E-state index contributed by atoms with van der Waals surface area (Å²) in [6.45, 7) is 3.87. The van der Waals surface area contributed by atoms with Crippen molar-refractivity contribution in [2.45, 2.75) is 64.4 Å². The lowest BCUT2D eigenvalue weighted by atomic mass is 10.1. The summed E-state index contributed by atoms with van der Waals surface area (Å²) in [5, 5.41) is 48.6. The van der Waals surface area contributed by atoms with Gasteiger partial charge in [0.2, 0.25) is 0 Å². The van der Waals surface area contributed by atoms with Gasteiger partial charge in [-0.25, -0.2) is 4.79 Å². The molecule has 0 atom stereocenters. The maximum atomic E-state index is 10.1. The normalized spacial score (nSPS) is 9.42. The Labute approximate surface area is 153 Å². The van der Waals surface area contributed by atoms with Crippen molar-refractivity contribution in [2.75, 3.05) is 13.2 Å². The highest BCUT2D eigenvalue weighted by molar-refractivity contribution is 5.84. The number of hydrogen-bond acceptors (Lipinski definition) is 6. The van der Waals surface area contributed by atoms with E-state index in [4.69, 9.17) is 30.6 Å². The molecule has 0 unspecified atom stereocenters. The Morgan fingerprint density at radius 2 is 1.04 bits per heavy atom. The molecule has 9 heteroatoms. The lowest BCUT2D eigenvalue weighted by molar-refractivity contribution is -0.138. The van der Waals surface area contributed by atoms with E-state index in [9.17, 15) is 14.4 Å². The van der Waals surface area contributed by atoms with E-state index in [0.717, 1.165) is 38.5 Å². The van der Waals surface area contributed by atoms with Gasteiger partial charge in [-0.2, -0.15) is 0 Å². The summed E-state index contributed by atoms with van der Waals surface area (Å²) >= 11 is 0. The Morgan fingerprint density at radius 3 is 1.19 bits per heavy atom. The summed E-state index contributed by atoms with van der Waals surface area (Å²) in [5.74, 6) is -2.42. The standard InChI is InChI=1S/C10H18O4.C4H6O2.C3H8O3/c11-9(12)7-5-3-1-2-4-6-8-10(13)14;1-3(2)4(5)6;4-1-3(6)2-5/h1-8H2,(H,11,12)(H,13,14);1H2,2H3,(H,5,6);3-6H,1-2H2. The molecular weight excluding hydrogens is 348 g/mol. The van der Waals surface area contributed by atoms with Crippen LogP contribution in [0.15, 0.2) is 12.2 Å². The number of rotatable bonds is 12. The van der Waals surface area contributed by atoms with E-state index >= 15 is 0 Å². The first-order chi connectivity index (χ1) is 12.1. The second-order valence-corrected chi connectivity index (χ2v) is 5.51. The number of carboxylic acids is 3. The van der Waals surface area contributed by atoms with Crippen LogP contribution in [0.5, 0.6) is 0 Å². The first-order valence-electron chi connectivity index (χ1n) is 8.30. The number of hydrogen-bond donors (Lipinski definition) is 6. The van der Waals surface area contributed by atoms with E-state index in [0.29, 0.717) is 0 Å². The van der Waals surface area contributed by atoms with Crippen molar-refractivity contribution in [1.82, 2.24) is 0 Å². The number of aliphatic carboxylic acids is 3. The van der Waals surface area contributed by atoms with E-state index < -0.39 is 24.0 Å². The fourth-order valence-corrected chi connectivity index (χ4v) is 1.32. The van der Waals surface area contributed by atoms with Crippen molar-refractivity contribution < 1.29 is 45.0 Å². The molecule has 0 rings (SSSR count). The Morgan fingerprint density at radius 1 is 0.769 bits per heavy atom. The summed E-state index contributed by atoms with van der Waals surface area (Å²) in [4.78, 5) is 29.9. The van der Waals surface area contributed by atoms with Crippen LogP contribution in [-0.2, 0) is 14.4 Å². The Hall–Kier alpha value is -1.97. The molecule has 0 aliphatic carbocycles. The molecule has 26 heavy (non-hydrogen) atoms. The van der Waals surface area contributed by atoms with Gasteiger partial charge in [0.25, 0.3) is 0 Å². The average molecular weight is 380 g/mol. The van der Waals surface area contributed by atoms with Gasteiger partial charge in [0.15, 0.2) is 0 Å². The molecule has 154 valence electrons. The molecule has 0 aliphatic rings. The van der Waals surface area contributed by atoms with Gasteiger partial charge in [-0.05, 0) is 19.8 Å². The maximum absolute atomic E-state index is 10.1. The summed E-state index contributed by atoms with van der Waals surface area (Å²) in [6.07, 6.45) is 4.87. The average Bonchev–Trinajstić information content (AvgIpc) is 2.57. The Kier molecular flexibility index (Phi) is 23.4. The summed E-state index contributed by atoms with van der Waals surface area (Å²) in [6, 6.07) is 0. The van der Waals surface area contributed by atoms with Gasteiger partial charge in [-0.3, -0.25) is 9.59 Å². The predicted octanol–water partition coefficient (Wildman–Crippen LogP) is 1.26. The third-order valence-corrected chi connectivity index (χ3v) is 2.82. The summed E-state index contributed by atoms with van der Waals surface area (Å²) in [5.41, 5.74) is 0.176. The molecule has 0 amide bonds. The van der Waals surface area contributed by atoms with Crippen molar-refractivity contribution in [3.63, 3.8) is 0 Å².